The number of cyclic esters (lactones) is 1. The Morgan fingerprint density at radius 1 is 1.53 bits per heavy atom. The van der Waals surface area contributed by atoms with E-state index in [0.717, 1.165) is 0 Å². The van der Waals surface area contributed by atoms with Gasteiger partial charge in [-0.1, -0.05) is 6.92 Å². The third kappa shape index (κ3) is 2.91. The van der Waals surface area contributed by atoms with Crippen molar-refractivity contribution in [2.45, 2.75) is 13.3 Å². The standard InChI is InChI=1S/C12H17FN4O2/c1-3-9-10(13)11(15-8-14-9)16(2)4-5-17-6-7-19-12(17)18/h8H,3-7H2,1-2H3. The van der Waals surface area contributed by atoms with Crippen LogP contribution in [0, 0.1) is 5.82 Å². The minimum absolute atomic E-state index is 0.263. The van der Waals surface area contributed by atoms with E-state index < -0.39 is 5.82 Å². The van der Waals surface area contributed by atoms with Gasteiger partial charge in [0.2, 0.25) is 0 Å². The van der Waals surface area contributed by atoms with E-state index in [1.54, 1.807) is 16.8 Å². The summed E-state index contributed by atoms with van der Waals surface area (Å²) in [5, 5.41) is 0. The van der Waals surface area contributed by atoms with Gasteiger partial charge in [0.15, 0.2) is 11.6 Å². The Balaban J connectivity index is 1.99. The molecule has 1 saturated heterocycles. The van der Waals surface area contributed by atoms with Crippen LogP contribution < -0.4 is 4.90 Å². The summed E-state index contributed by atoms with van der Waals surface area (Å²) in [5.74, 6) is -0.129. The molecule has 104 valence electrons. The van der Waals surface area contributed by atoms with Crippen molar-refractivity contribution >= 4 is 11.9 Å². The molecule has 0 saturated carbocycles. The van der Waals surface area contributed by atoms with Crippen LogP contribution in [0.3, 0.4) is 0 Å². The molecule has 19 heavy (non-hydrogen) atoms. The zero-order chi connectivity index (χ0) is 13.8. The highest BCUT2D eigenvalue weighted by atomic mass is 19.1. The maximum atomic E-state index is 14.0. The molecule has 2 rings (SSSR count). The van der Waals surface area contributed by atoms with E-state index in [1.165, 1.54) is 6.33 Å². The average Bonchev–Trinajstić information content (AvgIpc) is 2.82. The quantitative estimate of drug-likeness (QED) is 0.799. The summed E-state index contributed by atoms with van der Waals surface area (Å²) in [6.07, 6.45) is 1.57. The number of aromatic nitrogens is 2. The lowest BCUT2D eigenvalue weighted by atomic mass is 10.3. The van der Waals surface area contributed by atoms with Gasteiger partial charge in [0, 0.05) is 20.1 Å². The van der Waals surface area contributed by atoms with Crippen LogP contribution in [0.1, 0.15) is 12.6 Å². The van der Waals surface area contributed by atoms with Crippen LogP contribution in [0.15, 0.2) is 6.33 Å². The molecule has 0 spiro atoms. The van der Waals surface area contributed by atoms with Gasteiger partial charge in [-0.05, 0) is 6.42 Å². The second-order valence-electron chi connectivity index (χ2n) is 4.33. The number of hydrogen-bond acceptors (Lipinski definition) is 5. The number of rotatable bonds is 5. The highest BCUT2D eigenvalue weighted by Crippen LogP contribution is 2.17. The lowest BCUT2D eigenvalue weighted by Gasteiger charge is -2.21. The Labute approximate surface area is 111 Å². The molecule has 2 heterocycles. The van der Waals surface area contributed by atoms with Crippen molar-refractivity contribution in [1.29, 1.82) is 0 Å². The summed E-state index contributed by atoms with van der Waals surface area (Å²) in [6, 6.07) is 0. The summed E-state index contributed by atoms with van der Waals surface area (Å²) in [5.41, 5.74) is 0.400. The normalized spacial score (nSPS) is 14.7. The number of hydrogen-bond donors (Lipinski definition) is 0. The monoisotopic (exact) mass is 268 g/mol. The number of likely N-dealkylation sites (N-methyl/N-ethyl adjacent to an activating group) is 1. The molecule has 0 N–H and O–H groups in total. The summed E-state index contributed by atoms with van der Waals surface area (Å²) in [7, 11) is 1.74. The Kier molecular flexibility index (Phi) is 4.13. The van der Waals surface area contributed by atoms with Gasteiger partial charge in [-0.3, -0.25) is 0 Å². The van der Waals surface area contributed by atoms with Crippen molar-refractivity contribution in [3.8, 4) is 0 Å². The molecule has 6 nitrogen and oxygen atoms in total. The number of halogens is 1. The second kappa shape index (κ2) is 5.81. The van der Waals surface area contributed by atoms with Crippen molar-refractivity contribution in [2.24, 2.45) is 0 Å². The number of aryl methyl sites for hydroxylation is 1. The van der Waals surface area contributed by atoms with E-state index in [0.29, 0.717) is 38.4 Å². The van der Waals surface area contributed by atoms with Crippen LogP contribution in [0.2, 0.25) is 0 Å². The zero-order valence-electron chi connectivity index (χ0n) is 11.1. The second-order valence-corrected chi connectivity index (χ2v) is 4.33. The first-order valence-electron chi connectivity index (χ1n) is 6.25. The fourth-order valence-corrected chi connectivity index (χ4v) is 1.91. The number of carbonyl (C=O) groups excluding carboxylic acids is 1. The minimum atomic E-state index is -0.392. The Morgan fingerprint density at radius 2 is 2.32 bits per heavy atom. The molecule has 1 aliphatic heterocycles. The van der Waals surface area contributed by atoms with Crippen LogP contribution in [0.4, 0.5) is 15.0 Å². The first-order chi connectivity index (χ1) is 9.13. The highest BCUT2D eigenvalue weighted by Gasteiger charge is 2.22. The molecule has 0 unspecified atom stereocenters. The first kappa shape index (κ1) is 13.5. The predicted molar refractivity (Wildman–Crippen MR) is 67.6 cm³/mol. The lowest BCUT2D eigenvalue weighted by molar-refractivity contribution is 0.159. The Hall–Kier alpha value is -1.92. The molecule has 1 aliphatic rings. The number of carbonyl (C=O) groups is 1. The third-order valence-corrected chi connectivity index (χ3v) is 3.09. The molecule has 0 aromatic carbocycles. The summed E-state index contributed by atoms with van der Waals surface area (Å²) in [6.45, 7) is 3.82. The van der Waals surface area contributed by atoms with E-state index in [2.05, 4.69) is 9.97 Å². The molecule has 0 radical (unpaired) electrons. The molecule has 1 aromatic heterocycles. The Morgan fingerprint density at radius 3 is 2.95 bits per heavy atom. The van der Waals surface area contributed by atoms with Crippen molar-refractivity contribution in [3.05, 3.63) is 17.8 Å². The first-order valence-corrected chi connectivity index (χ1v) is 6.25. The molecular weight excluding hydrogens is 251 g/mol. The predicted octanol–water partition coefficient (Wildman–Crippen LogP) is 1.07. The van der Waals surface area contributed by atoms with E-state index >= 15 is 0 Å². The van der Waals surface area contributed by atoms with E-state index in [4.69, 9.17) is 4.74 Å². The number of amides is 1. The number of anilines is 1. The van der Waals surface area contributed by atoms with Gasteiger partial charge in [0.25, 0.3) is 0 Å². The average molecular weight is 268 g/mol. The highest BCUT2D eigenvalue weighted by molar-refractivity contribution is 5.69. The van der Waals surface area contributed by atoms with Crippen molar-refractivity contribution in [2.75, 3.05) is 38.2 Å². The van der Waals surface area contributed by atoms with Crippen LogP contribution in [-0.2, 0) is 11.2 Å². The van der Waals surface area contributed by atoms with Gasteiger partial charge in [0.05, 0.1) is 12.2 Å². The molecule has 1 aromatic rings. The fraction of sp³-hybridized carbons (Fsp3) is 0.583. The molecule has 0 bridgehead atoms. The van der Waals surface area contributed by atoms with Crippen LogP contribution in [-0.4, -0.2) is 54.2 Å². The molecular formula is C12H17FN4O2. The maximum Gasteiger partial charge on any atom is 0.409 e. The van der Waals surface area contributed by atoms with Gasteiger partial charge < -0.3 is 14.5 Å². The minimum Gasteiger partial charge on any atom is -0.448 e. The van der Waals surface area contributed by atoms with Crippen molar-refractivity contribution < 1.29 is 13.9 Å². The SMILES string of the molecule is CCc1ncnc(N(C)CCN2CCOC2=O)c1F. The van der Waals surface area contributed by atoms with Crippen molar-refractivity contribution in [3.63, 3.8) is 0 Å². The number of nitrogens with zero attached hydrogens (tertiary/aromatic N) is 4. The Bertz CT molecular complexity index is 469. The maximum absolute atomic E-state index is 14.0. The van der Waals surface area contributed by atoms with Gasteiger partial charge >= 0.3 is 6.09 Å². The molecule has 1 fully saturated rings. The molecule has 7 heteroatoms. The summed E-state index contributed by atoms with van der Waals surface area (Å²) in [4.78, 5) is 22.4. The largest absolute Gasteiger partial charge is 0.448 e. The molecule has 1 amide bonds. The fourth-order valence-electron chi connectivity index (χ4n) is 1.91. The topological polar surface area (TPSA) is 58.6 Å². The van der Waals surface area contributed by atoms with Crippen LogP contribution >= 0.6 is 0 Å². The number of ether oxygens (including phenoxy) is 1. The van der Waals surface area contributed by atoms with Crippen LogP contribution in [0.5, 0.6) is 0 Å². The zero-order valence-corrected chi connectivity index (χ0v) is 11.1. The van der Waals surface area contributed by atoms with Gasteiger partial charge in [0.1, 0.15) is 12.9 Å². The third-order valence-electron chi connectivity index (χ3n) is 3.09. The smallest absolute Gasteiger partial charge is 0.409 e. The van der Waals surface area contributed by atoms with Gasteiger partial charge in [-0.15, -0.1) is 0 Å². The lowest BCUT2D eigenvalue weighted by Crippen LogP contribution is -2.34. The van der Waals surface area contributed by atoms with Gasteiger partial charge in [-0.2, -0.15) is 0 Å². The van der Waals surface area contributed by atoms with Crippen molar-refractivity contribution in [1.82, 2.24) is 14.9 Å². The van der Waals surface area contributed by atoms with E-state index in [-0.39, 0.29) is 11.9 Å². The van der Waals surface area contributed by atoms with E-state index in [9.17, 15) is 9.18 Å². The summed E-state index contributed by atoms with van der Waals surface area (Å²) < 4.78 is 18.9. The van der Waals surface area contributed by atoms with Crippen LogP contribution in [0.25, 0.3) is 0 Å². The molecule has 0 atom stereocenters. The van der Waals surface area contributed by atoms with E-state index in [1.807, 2.05) is 6.92 Å². The molecule has 0 aliphatic carbocycles. The van der Waals surface area contributed by atoms with Gasteiger partial charge in [-0.25, -0.2) is 19.2 Å². The summed E-state index contributed by atoms with van der Waals surface area (Å²) >= 11 is 0.